The van der Waals surface area contributed by atoms with E-state index in [0.717, 1.165) is 0 Å². The van der Waals surface area contributed by atoms with Gasteiger partial charge in [-0.3, -0.25) is 4.98 Å². The van der Waals surface area contributed by atoms with Crippen LogP contribution in [0.1, 0.15) is 32.4 Å². The molecule has 0 spiro atoms. The Morgan fingerprint density at radius 3 is 2.47 bits per heavy atom. The maximum Gasteiger partial charge on any atom is 0.145 e. The van der Waals surface area contributed by atoms with Crippen LogP contribution >= 0.6 is 0 Å². The molecule has 2 atom stereocenters. The minimum atomic E-state index is -0.210. The molecule has 0 amide bonds. The van der Waals surface area contributed by atoms with Gasteiger partial charge in [0.25, 0.3) is 0 Å². The monoisotopic (exact) mass is 210 g/mol. The van der Waals surface area contributed by atoms with Crippen LogP contribution in [0.15, 0.2) is 18.3 Å². The summed E-state index contributed by atoms with van der Waals surface area (Å²) in [7, 11) is 1.89. The van der Waals surface area contributed by atoms with Gasteiger partial charge in [0, 0.05) is 18.2 Å². The van der Waals surface area contributed by atoms with E-state index in [0.29, 0.717) is 11.6 Å². The van der Waals surface area contributed by atoms with E-state index in [1.54, 1.807) is 12.3 Å². The van der Waals surface area contributed by atoms with Crippen molar-refractivity contribution in [3.8, 4) is 0 Å². The molecule has 15 heavy (non-hydrogen) atoms. The summed E-state index contributed by atoms with van der Waals surface area (Å²) in [5.41, 5.74) is 0.564. The molecule has 1 N–H and O–H groups in total. The maximum absolute atomic E-state index is 13.6. The number of nitrogens with one attached hydrogen (secondary N) is 1. The van der Waals surface area contributed by atoms with E-state index in [1.807, 2.05) is 7.05 Å². The van der Waals surface area contributed by atoms with Gasteiger partial charge in [-0.15, -0.1) is 0 Å². The van der Waals surface area contributed by atoms with Crippen LogP contribution in [0.2, 0.25) is 0 Å². The van der Waals surface area contributed by atoms with Gasteiger partial charge in [-0.1, -0.05) is 13.8 Å². The topological polar surface area (TPSA) is 24.9 Å². The molecule has 3 heteroatoms. The molecule has 0 saturated carbocycles. The molecule has 1 heterocycles. The highest BCUT2D eigenvalue weighted by Gasteiger charge is 2.25. The van der Waals surface area contributed by atoms with E-state index in [4.69, 9.17) is 0 Å². The van der Waals surface area contributed by atoms with Gasteiger partial charge < -0.3 is 5.32 Å². The second-order valence-corrected chi connectivity index (χ2v) is 4.22. The number of hydrogen-bond donors (Lipinski definition) is 1. The minimum absolute atomic E-state index is 0.108. The lowest BCUT2D eigenvalue weighted by Gasteiger charge is -2.26. The lowest BCUT2D eigenvalue weighted by atomic mass is 9.86. The normalized spacial score (nSPS) is 15.3. The van der Waals surface area contributed by atoms with Crippen LogP contribution in [0.4, 0.5) is 4.39 Å². The zero-order chi connectivity index (χ0) is 11.4. The summed E-state index contributed by atoms with van der Waals surface area (Å²) in [5.74, 6) is 0.256. The Balaban J connectivity index is 3.04. The number of aromatic nitrogens is 1. The van der Waals surface area contributed by atoms with E-state index < -0.39 is 0 Å². The first-order chi connectivity index (χ1) is 7.07. The summed E-state index contributed by atoms with van der Waals surface area (Å²) < 4.78 is 13.6. The molecule has 0 bridgehead atoms. The van der Waals surface area contributed by atoms with Crippen molar-refractivity contribution >= 4 is 0 Å². The Hall–Kier alpha value is -0.960. The van der Waals surface area contributed by atoms with Crippen LogP contribution in [0, 0.1) is 11.7 Å². The average Bonchev–Trinajstić information content (AvgIpc) is 2.20. The van der Waals surface area contributed by atoms with Crippen LogP contribution in [-0.4, -0.2) is 18.1 Å². The molecular weight excluding hydrogens is 191 g/mol. The fraction of sp³-hybridized carbons (Fsp3) is 0.583. The number of likely N-dealkylation sites (N-methyl/N-ethyl adjacent to an activating group) is 1. The summed E-state index contributed by atoms with van der Waals surface area (Å²) in [6.07, 6.45) is 1.65. The highest BCUT2D eigenvalue weighted by atomic mass is 19.1. The molecule has 2 unspecified atom stereocenters. The molecule has 0 aliphatic carbocycles. The third-order valence-corrected chi connectivity index (χ3v) is 2.81. The molecule has 1 aromatic rings. The van der Waals surface area contributed by atoms with E-state index in [2.05, 4.69) is 31.1 Å². The molecule has 0 fully saturated rings. The van der Waals surface area contributed by atoms with Gasteiger partial charge >= 0.3 is 0 Å². The smallest absolute Gasteiger partial charge is 0.145 e. The van der Waals surface area contributed by atoms with Crippen LogP contribution < -0.4 is 5.32 Å². The Labute approximate surface area is 90.9 Å². The highest BCUT2D eigenvalue weighted by Crippen LogP contribution is 2.27. The summed E-state index contributed by atoms with van der Waals surface area (Å²) in [6, 6.07) is 3.31. The van der Waals surface area contributed by atoms with Crippen molar-refractivity contribution in [2.45, 2.75) is 32.7 Å². The van der Waals surface area contributed by atoms with Crippen molar-refractivity contribution in [3.63, 3.8) is 0 Å². The number of pyridine rings is 1. The lowest BCUT2D eigenvalue weighted by Crippen LogP contribution is -2.33. The second-order valence-electron chi connectivity index (χ2n) is 4.22. The predicted octanol–water partition coefficient (Wildman–Crippen LogP) is 2.57. The third kappa shape index (κ3) is 2.75. The zero-order valence-electron chi connectivity index (χ0n) is 9.79. The molecule has 84 valence electrons. The molecular formula is C12H19FN2. The van der Waals surface area contributed by atoms with Crippen LogP contribution in [0.3, 0.4) is 0 Å². The zero-order valence-corrected chi connectivity index (χ0v) is 9.79. The fourth-order valence-electron chi connectivity index (χ4n) is 1.95. The Bertz CT molecular complexity index is 312. The second kappa shape index (κ2) is 5.21. The molecule has 0 radical (unpaired) electrons. The van der Waals surface area contributed by atoms with Gasteiger partial charge in [0.05, 0.1) is 5.69 Å². The first kappa shape index (κ1) is 12.1. The van der Waals surface area contributed by atoms with Gasteiger partial charge in [-0.2, -0.15) is 0 Å². The number of rotatable bonds is 4. The lowest BCUT2D eigenvalue weighted by molar-refractivity contribution is 0.374. The number of hydrogen-bond acceptors (Lipinski definition) is 2. The average molecular weight is 210 g/mol. The van der Waals surface area contributed by atoms with Gasteiger partial charge in [0.15, 0.2) is 0 Å². The first-order valence-corrected chi connectivity index (χ1v) is 5.35. The Kier molecular flexibility index (Phi) is 4.21. The van der Waals surface area contributed by atoms with Crippen LogP contribution in [0.25, 0.3) is 0 Å². The molecule has 0 aliphatic rings. The number of nitrogens with zero attached hydrogens (tertiary/aromatic N) is 1. The van der Waals surface area contributed by atoms with E-state index in [1.165, 1.54) is 6.07 Å². The maximum atomic E-state index is 13.6. The molecule has 1 rings (SSSR count). The fourth-order valence-corrected chi connectivity index (χ4v) is 1.95. The quantitative estimate of drug-likeness (QED) is 0.826. The first-order valence-electron chi connectivity index (χ1n) is 5.35. The van der Waals surface area contributed by atoms with Crippen molar-refractivity contribution in [1.29, 1.82) is 0 Å². The van der Waals surface area contributed by atoms with Crippen LogP contribution in [0.5, 0.6) is 0 Å². The van der Waals surface area contributed by atoms with E-state index >= 15 is 0 Å². The minimum Gasteiger partial charge on any atom is -0.317 e. The van der Waals surface area contributed by atoms with Crippen molar-refractivity contribution in [1.82, 2.24) is 10.3 Å². The van der Waals surface area contributed by atoms with Gasteiger partial charge in [0.2, 0.25) is 0 Å². The Morgan fingerprint density at radius 2 is 2.00 bits per heavy atom. The molecule has 0 saturated heterocycles. The summed E-state index contributed by atoms with van der Waals surface area (Å²) in [6.45, 7) is 6.23. The third-order valence-electron chi connectivity index (χ3n) is 2.81. The van der Waals surface area contributed by atoms with Gasteiger partial charge in [-0.05, 0) is 32.0 Å². The van der Waals surface area contributed by atoms with Crippen molar-refractivity contribution in [2.75, 3.05) is 7.05 Å². The van der Waals surface area contributed by atoms with Crippen molar-refractivity contribution < 1.29 is 4.39 Å². The SMILES string of the molecule is CNC(C)C(c1ncccc1F)C(C)C. The van der Waals surface area contributed by atoms with E-state index in [-0.39, 0.29) is 17.8 Å². The Morgan fingerprint density at radius 1 is 1.33 bits per heavy atom. The number of halogens is 1. The standard InChI is InChI=1S/C12H19FN2/c1-8(2)11(9(3)14-4)12-10(13)6-5-7-15-12/h5-9,11,14H,1-4H3. The molecule has 2 nitrogen and oxygen atoms in total. The summed E-state index contributed by atoms with van der Waals surface area (Å²) in [4.78, 5) is 4.15. The highest BCUT2D eigenvalue weighted by molar-refractivity contribution is 5.15. The summed E-state index contributed by atoms with van der Waals surface area (Å²) in [5, 5.41) is 3.17. The van der Waals surface area contributed by atoms with Gasteiger partial charge in [-0.25, -0.2) is 4.39 Å². The molecule has 0 aromatic carbocycles. The largest absolute Gasteiger partial charge is 0.317 e. The van der Waals surface area contributed by atoms with Crippen LogP contribution in [-0.2, 0) is 0 Å². The summed E-state index contributed by atoms with van der Waals surface area (Å²) >= 11 is 0. The van der Waals surface area contributed by atoms with Gasteiger partial charge in [0.1, 0.15) is 5.82 Å². The predicted molar refractivity (Wildman–Crippen MR) is 60.3 cm³/mol. The van der Waals surface area contributed by atoms with Crippen molar-refractivity contribution in [2.24, 2.45) is 5.92 Å². The molecule has 0 aliphatic heterocycles. The van der Waals surface area contributed by atoms with E-state index in [9.17, 15) is 4.39 Å². The molecule has 1 aromatic heterocycles. The van der Waals surface area contributed by atoms with Crippen molar-refractivity contribution in [3.05, 3.63) is 29.8 Å².